The molecular formula is C30H46O12. The monoisotopic (exact) mass is 598 g/mol. The predicted octanol–water partition coefficient (Wildman–Crippen LogP) is -0.589. The number of carbonyl (C=O) groups is 1. The van der Waals surface area contributed by atoms with Crippen LogP contribution in [0.25, 0.3) is 0 Å². The van der Waals surface area contributed by atoms with E-state index in [1.54, 1.807) is 26.0 Å². The Balaban J connectivity index is 1.52. The van der Waals surface area contributed by atoms with E-state index in [1.165, 1.54) is 25.3 Å². The van der Waals surface area contributed by atoms with Crippen molar-refractivity contribution in [3.8, 4) is 0 Å². The minimum Gasteiger partial charge on any atom is -0.472 e. The fraction of sp³-hybridized carbons (Fsp3) is 0.767. The number of hydrogen-bond acceptors (Lipinski definition) is 12. The lowest BCUT2D eigenvalue weighted by Crippen LogP contribution is -2.68. The Bertz CT molecular complexity index is 1090. The second-order valence-corrected chi connectivity index (χ2v) is 13.4. The molecule has 12 heteroatoms. The first-order valence-electron chi connectivity index (χ1n) is 14.4. The third-order valence-electron chi connectivity index (χ3n) is 9.97. The SMILES string of the molecule is CC(/C=C/[C@@]1(O)C(C)(C)CC[C@@H](O)[C@@]1(C)O)=C\C(=O)[C@@H]1C[C@](C)(O)[C@H]2[C@H](O[C@@H]3O[C@H](CO)[C@@H](O)[C@H](O)[C@H]3O)OC=C[C@H]21. The lowest BCUT2D eigenvalue weighted by atomic mass is 9.57. The summed E-state index contributed by atoms with van der Waals surface area (Å²) in [6, 6.07) is 0. The lowest BCUT2D eigenvalue weighted by Gasteiger charge is -2.55. The van der Waals surface area contributed by atoms with Crippen LogP contribution in [0.4, 0.5) is 0 Å². The van der Waals surface area contributed by atoms with Crippen molar-refractivity contribution in [1.82, 2.24) is 0 Å². The Morgan fingerprint density at radius 1 is 1.02 bits per heavy atom. The Morgan fingerprint density at radius 3 is 2.33 bits per heavy atom. The van der Waals surface area contributed by atoms with E-state index in [9.17, 15) is 45.6 Å². The topological polar surface area (TPSA) is 207 Å². The van der Waals surface area contributed by atoms with Crippen LogP contribution in [0.2, 0.25) is 0 Å². The van der Waals surface area contributed by atoms with Gasteiger partial charge in [0.15, 0.2) is 12.1 Å². The number of allylic oxidation sites excluding steroid dienone is 4. The molecule has 0 bridgehead atoms. The number of rotatable bonds is 7. The molecule has 8 N–H and O–H groups in total. The first-order valence-corrected chi connectivity index (χ1v) is 14.4. The van der Waals surface area contributed by atoms with Gasteiger partial charge >= 0.3 is 0 Å². The first-order chi connectivity index (χ1) is 19.4. The van der Waals surface area contributed by atoms with Crippen LogP contribution in [0.5, 0.6) is 0 Å². The van der Waals surface area contributed by atoms with Gasteiger partial charge in [0.2, 0.25) is 6.29 Å². The molecule has 2 aliphatic heterocycles. The van der Waals surface area contributed by atoms with E-state index >= 15 is 0 Å². The van der Waals surface area contributed by atoms with E-state index < -0.39 is 89.7 Å². The molecule has 1 saturated heterocycles. The molecule has 0 unspecified atom stereocenters. The zero-order valence-electron chi connectivity index (χ0n) is 24.7. The zero-order valence-corrected chi connectivity index (χ0v) is 24.7. The predicted molar refractivity (Wildman–Crippen MR) is 147 cm³/mol. The van der Waals surface area contributed by atoms with Crippen molar-refractivity contribution in [2.24, 2.45) is 23.2 Å². The summed E-state index contributed by atoms with van der Waals surface area (Å²) in [5, 5.41) is 84.3. The molecule has 3 fully saturated rings. The van der Waals surface area contributed by atoms with E-state index in [4.69, 9.17) is 14.2 Å². The quantitative estimate of drug-likeness (QED) is 0.137. The van der Waals surface area contributed by atoms with Gasteiger partial charge in [0, 0.05) is 17.3 Å². The average Bonchev–Trinajstić information content (AvgIpc) is 3.21. The maximum absolute atomic E-state index is 13.5. The number of hydrogen-bond donors (Lipinski definition) is 8. The highest BCUT2D eigenvalue weighted by molar-refractivity contribution is 5.93. The molecule has 13 atom stereocenters. The van der Waals surface area contributed by atoms with Gasteiger partial charge in [0.1, 0.15) is 35.6 Å². The van der Waals surface area contributed by atoms with E-state index in [1.807, 2.05) is 13.8 Å². The summed E-state index contributed by atoms with van der Waals surface area (Å²) >= 11 is 0. The smallest absolute Gasteiger partial charge is 0.207 e. The molecule has 2 saturated carbocycles. The van der Waals surface area contributed by atoms with Crippen molar-refractivity contribution in [2.75, 3.05) is 6.61 Å². The van der Waals surface area contributed by atoms with Gasteiger partial charge in [-0.25, -0.2) is 0 Å². The second kappa shape index (κ2) is 11.7. The third kappa shape index (κ3) is 5.63. The van der Waals surface area contributed by atoms with Gasteiger partial charge in [0.25, 0.3) is 0 Å². The van der Waals surface area contributed by atoms with Gasteiger partial charge in [-0.2, -0.15) is 0 Å². The van der Waals surface area contributed by atoms with Crippen LogP contribution < -0.4 is 0 Å². The fourth-order valence-corrected chi connectivity index (χ4v) is 7.06. The fourth-order valence-electron chi connectivity index (χ4n) is 7.06. The summed E-state index contributed by atoms with van der Waals surface area (Å²) in [6.45, 7) is 7.60. The van der Waals surface area contributed by atoms with Crippen LogP contribution >= 0.6 is 0 Å². The van der Waals surface area contributed by atoms with E-state index in [2.05, 4.69) is 0 Å². The Kier molecular flexibility index (Phi) is 9.21. The van der Waals surface area contributed by atoms with Gasteiger partial charge < -0.3 is 55.1 Å². The number of fused-ring (bicyclic) bond motifs is 1. The van der Waals surface area contributed by atoms with Gasteiger partial charge in [-0.15, -0.1) is 0 Å². The largest absolute Gasteiger partial charge is 0.472 e. The van der Waals surface area contributed by atoms with Crippen LogP contribution in [0, 0.1) is 23.2 Å². The molecular weight excluding hydrogens is 552 g/mol. The standard InChI is InChI=1S/C30H46O12/c1-15(6-10-30(39)27(2,3)9-7-20(33)29(30,5)38)12-18(32)17-13-28(4,37)21-16(17)8-11-40-25(21)42-26-24(36)23(35)22(34)19(14-31)41-26/h6,8,10-12,16-17,19-26,31,33-39H,7,9,13-14H2,1-5H3/b10-6+,15-12+/t16-,17+,19+,20+,21+,22+,23-,24+,25-,26-,28-,29+,30+/m0/s1. The summed E-state index contributed by atoms with van der Waals surface area (Å²) in [6.07, 6.45) is -1.60. The molecule has 238 valence electrons. The number of carbonyl (C=O) groups excluding carboxylic acids is 1. The van der Waals surface area contributed by atoms with E-state index in [0.717, 1.165) is 0 Å². The molecule has 0 aromatic carbocycles. The molecule has 2 heterocycles. The molecule has 4 aliphatic rings. The normalized spacial score (nSPS) is 49.1. The molecule has 0 spiro atoms. The maximum Gasteiger partial charge on any atom is 0.207 e. The number of ketones is 1. The van der Waals surface area contributed by atoms with Crippen LogP contribution in [0.15, 0.2) is 36.1 Å². The molecule has 12 nitrogen and oxygen atoms in total. The summed E-state index contributed by atoms with van der Waals surface area (Å²) in [5.74, 6) is -2.26. The van der Waals surface area contributed by atoms with Gasteiger partial charge in [-0.05, 0) is 63.8 Å². The van der Waals surface area contributed by atoms with Crippen LogP contribution in [-0.4, -0.2) is 113 Å². The summed E-state index contributed by atoms with van der Waals surface area (Å²) in [5.41, 5.74) is -5.28. The second-order valence-electron chi connectivity index (χ2n) is 13.4. The van der Waals surface area contributed by atoms with Crippen molar-refractivity contribution < 1.29 is 59.9 Å². The Morgan fingerprint density at radius 2 is 1.69 bits per heavy atom. The van der Waals surface area contributed by atoms with Crippen molar-refractivity contribution in [2.45, 2.75) is 114 Å². The summed E-state index contributed by atoms with van der Waals surface area (Å²) < 4.78 is 16.9. The maximum atomic E-state index is 13.5. The molecule has 2 aliphatic carbocycles. The Labute approximate surface area is 245 Å². The highest BCUT2D eigenvalue weighted by Crippen LogP contribution is 2.51. The lowest BCUT2D eigenvalue weighted by molar-refractivity contribution is -0.346. The number of aliphatic hydroxyl groups is 8. The number of aliphatic hydroxyl groups excluding tert-OH is 5. The van der Waals surface area contributed by atoms with Gasteiger partial charge in [0.05, 0.1) is 30.5 Å². The van der Waals surface area contributed by atoms with Crippen LogP contribution in [-0.2, 0) is 19.0 Å². The highest BCUT2D eigenvalue weighted by Gasteiger charge is 2.60. The van der Waals surface area contributed by atoms with E-state index in [-0.39, 0.29) is 12.2 Å². The van der Waals surface area contributed by atoms with Crippen molar-refractivity contribution >= 4 is 5.78 Å². The summed E-state index contributed by atoms with van der Waals surface area (Å²) in [7, 11) is 0. The van der Waals surface area contributed by atoms with Crippen molar-refractivity contribution in [3.05, 3.63) is 36.1 Å². The molecule has 0 amide bonds. The molecule has 0 radical (unpaired) electrons. The highest BCUT2D eigenvalue weighted by atomic mass is 16.8. The molecule has 4 rings (SSSR count). The first kappa shape index (κ1) is 33.2. The van der Waals surface area contributed by atoms with E-state index in [0.29, 0.717) is 18.4 Å². The molecule has 42 heavy (non-hydrogen) atoms. The van der Waals surface area contributed by atoms with Crippen LogP contribution in [0.3, 0.4) is 0 Å². The van der Waals surface area contributed by atoms with Crippen LogP contribution in [0.1, 0.15) is 53.9 Å². The third-order valence-corrected chi connectivity index (χ3v) is 9.97. The average molecular weight is 599 g/mol. The molecule has 0 aromatic rings. The van der Waals surface area contributed by atoms with Crippen molar-refractivity contribution in [1.29, 1.82) is 0 Å². The molecule has 0 aromatic heterocycles. The van der Waals surface area contributed by atoms with Gasteiger partial charge in [-0.1, -0.05) is 19.9 Å². The Hall–Kier alpha value is -1.71. The van der Waals surface area contributed by atoms with Gasteiger partial charge in [-0.3, -0.25) is 4.79 Å². The number of ether oxygens (including phenoxy) is 3. The minimum absolute atomic E-state index is 0.0643. The minimum atomic E-state index is -1.81. The zero-order chi connectivity index (χ0) is 31.4. The summed E-state index contributed by atoms with van der Waals surface area (Å²) in [4.78, 5) is 13.5. The van der Waals surface area contributed by atoms with Crippen molar-refractivity contribution in [3.63, 3.8) is 0 Å².